The van der Waals surface area contributed by atoms with Crippen molar-refractivity contribution in [2.24, 2.45) is 0 Å². The van der Waals surface area contributed by atoms with Crippen LogP contribution in [0.1, 0.15) is 11.1 Å². The maximum absolute atomic E-state index is 9.50. The lowest BCUT2D eigenvalue weighted by Gasteiger charge is -2.08. The van der Waals surface area contributed by atoms with Crippen LogP contribution in [0.3, 0.4) is 0 Å². The SMILES string of the molecule is Oc1cc(CONNOCc2ccccc2)ccc1Br. The topological polar surface area (TPSA) is 62.8 Å². The Labute approximate surface area is 125 Å². The summed E-state index contributed by atoms with van der Waals surface area (Å²) in [5, 5.41) is 9.50. The van der Waals surface area contributed by atoms with Gasteiger partial charge in [0.05, 0.1) is 17.7 Å². The number of hydrazine groups is 1. The molecule has 2 aromatic carbocycles. The van der Waals surface area contributed by atoms with E-state index in [1.165, 1.54) is 0 Å². The molecule has 0 saturated carbocycles. The minimum atomic E-state index is 0.180. The number of hydrogen-bond donors (Lipinski definition) is 3. The summed E-state index contributed by atoms with van der Waals surface area (Å²) in [6.07, 6.45) is 0. The highest BCUT2D eigenvalue weighted by molar-refractivity contribution is 9.10. The quantitative estimate of drug-likeness (QED) is 0.535. The molecule has 2 aromatic rings. The van der Waals surface area contributed by atoms with E-state index in [0.717, 1.165) is 11.1 Å². The minimum absolute atomic E-state index is 0.180. The van der Waals surface area contributed by atoms with Crippen LogP contribution in [0.25, 0.3) is 0 Å². The van der Waals surface area contributed by atoms with E-state index in [-0.39, 0.29) is 5.75 Å². The first-order valence-corrected chi connectivity index (χ1v) is 6.80. The summed E-state index contributed by atoms with van der Waals surface area (Å²) in [6.45, 7) is 0.721. The van der Waals surface area contributed by atoms with Crippen LogP contribution in [0.2, 0.25) is 0 Å². The van der Waals surface area contributed by atoms with Crippen molar-refractivity contribution < 1.29 is 14.8 Å². The average Bonchev–Trinajstić information content (AvgIpc) is 2.47. The van der Waals surface area contributed by atoms with E-state index in [1.54, 1.807) is 12.1 Å². The van der Waals surface area contributed by atoms with Gasteiger partial charge in [0, 0.05) is 0 Å². The van der Waals surface area contributed by atoms with Gasteiger partial charge in [-0.2, -0.15) is 0 Å². The lowest BCUT2D eigenvalue weighted by atomic mass is 10.2. The summed E-state index contributed by atoms with van der Waals surface area (Å²) in [7, 11) is 0. The van der Waals surface area contributed by atoms with E-state index in [2.05, 4.69) is 27.1 Å². The molecule has 0 atom stereocenters. The van der Waals surface area contributed by atoms with E-state index in [1.807, 2.05) is 36.4 Å². The zero-order chi connectivity index (χ0) is 14.2. The molecule has 0 aromatic heterocycles. The molecule has 3 N–H and O–H groups in total. The van der Waals surface area contributed by atoms with E-state index in [9.17, 15) is 5.11 Å². The molecule has 0 unspecified atom stereocenters. The monoisotopic (exact) mass is 338 g/mol. The number of phenols is 1. The van der Waals surface area contributed by atoms with Gasteiger partial charge in [-0.3, -0.25) is 9.68 Å². The largest absolute Gasteiger partial charge is 0.507 e. The highest BCUT2D eigenvalue weighted by Crippen LogP contribution is 2.24. The third-order valence-corrected chi connectivity index (χ3v) is 3.19. The van der Waals surface area contributed by atoms with Crippen LogP contribution in [-0.2, 0) is 22.9 Å². The molecule has 20 heavy (non-hydrogen) atoms. The molecule has 0 saturated heterocycles. The summed E-state index contributed by atoms with van der Waals surface area (Å²) in [5.74, 6) is 0.180. The Morgan fingerprint density at radius 1 is 0.900 bits per heavy atom. The fourth-order valence-corrected chi connectivity index (χ4v) is 1.77. The van der Waals surface area contributed by atoms with Crippen molar-refractivity contribution in [3.63, 3.8) is 0 Å². The molecule has 0 aliphatic carbocycles. The second-order valence-corrected chi connectivity index (χ2v) is 4.91. The maximum Gasteiger partial charge on any atom is 0.130 e. The predicted octanol–water partition coefficient (Wildman–Crippen LogP) is 2.81. The molecule has 0 heterocycles. The molecular formula is C14H15BrN2O3. The van der Waals surface area contributed by atoms with Crippen LogP contribution >= 0.6 is 15.9 Å². The van der Waals surface area contributed by atoms with Crippen LogP contribution in [0.15, 0.2) is 53.0 Å². The Morgan fingerprint density at radius 2 is 1.55 bits per heavy atom. The van der Waals surface area contributed by atoms with Gasteiger partial charge in [0.15, 0.2) is 0 Å². The third kappa shape index (κ3) is 4.92. The lowest BCUT2D eigenvalue weighted by molar-refractivity contribution is -0.121. The van der Waals surface area contributed by atoms with Gasteiger partial charge >= 0.3 is 0 Å². The Hall–Kier alpha value is -1.44. The molecule has 0 bridgehead atoms. The Balaban J connectivity index is 1.61. The molecule has 6 heteroatoms. The predicted molar refractivity (Wildman–Crippen MR) is 78.1 cm³/mol. The summed E-state index contributed by atoms with van der Waals surface area (Å²) < 4.78 is 0.651. The van der Waals surface area contributed by atoms with Crippen LogP contribution < -0.4 is 11.2 Å². The first kappa shape index (κ1) is 15.0. The molecule has 106 valence electrons. The number of halogens is 1. The molecule has 0 fully saturated rings. The number of rotatable bonds is 7. The van der Waals surface area contributed by atoms with Crippen molar-refractivity contribution in [3.05, 3.63) is 64.1 Å². The molecule has 2 rings (SSSR count). The van der Waals surface area contributed by atoms with E-state index in [0.29, 0.717) is 17.7 Å². The lowest BCUT2D eigenvalue weighted by Crippen LogP contribution is -2.31. The van der Waals surface area contributed by atoms with Crippen LogP contribution in [0, 0.1) is 0 Å². The number of phenolic OH excluding ortho intramolecular Hbond substituents is 1. The highest BCUT2D eigenvalue weighted by Gasteiger charge is 1.99. The van der Waals surface area contributed by atoms with Gasteiger partial charge in [-0.15, -0.1) is 11.2 Å². The Morgan fingerprint density at radius 3 is 2.20 bits per heavy atom. The van der Waals surface area contributed by atoms with Crippen LogP contribution in [0.5, 0.6) is 5.75 Å². The van der Waals surface area contributed by atoms with Crippen molar-refractivity contribution in [2.45, 2.75) is 13.2 Å². The molecule has 0 amide bonds. The molecule has 0 aliphatic heterocycles. The fourth-order valence-electron chi connectivity index (χ4n) is 1.52. The Bertz CT molecular complexity index is 537. The van der Waals surface area contributed by atoms with Gasteiger partial charge in [0.2, 0.25) is 0 Å². The summed E-state index contributed by atoms with van der Waals surface area (Å²) in [4.78, 5) is 10.3. The fraction of sp³-hybridized carbons (Fsp3) is 0.143. The van der Waals surface area contributed by atoms with Crippen molar-refractivity contribution >= 4 is 15.9 Å². The summed E-state index contributed by atoms with van der Waals surface area (Å²) in [5.41, 5.74) is 6.85. The first-order chi connectivity index (χ1) is 9.75. The molecule has 0 aliphatic rings. The van der Waals surface area contributed by atoms with Gasteiger partial charge in [0.1, 0.15) is 5.75 Å². The molecule has 0 radical (unpaired) electrons. The van der Waals surface area contributed by atoms with E-state index >= 15 is 0 Å². The van der Waals surface area contributed by atoms with Crippen molar-refractivity contribution in [3.8, 4) is 5.75 Å². The number of hydrogen-bond acceptors (Lipinski definition) is 5. The van der Waals surface area contributed by atoms with Crippen LogP contribution in [0.4, 0.5) is 0 Å². The zero-order valence-electron chi connectivity index (χ0n) is 10.7. The summed E-state index contributed by atoms with van der Waals surface area (Å²) >= 11 is 3.22. The van der Waals surface area contributed by atoms with E-state index in [4.69, 9.17) is 9.68 Å². The van der Waals surface area contributed by atoms with Crippen molar-refractivity contribution in [1.82, 2.24) is 11.2 Å². The third-order valence-electron chi connectivity index (χ3n) is 2.52. The van der Waals surface area contributed by atoms with Crippen LogP contribution in [-0.4, -0.2) is 5.11 Å². The normalized spacial score (nSPS) is 10.7. The highest BCUT2D eigenvalue weighted by atomic mass is 79.9. The molecule has 0 spiro atoms. The smallest absolute Gasteiger partial charge is 0.130 e. The standard InChI is InChI=1S/C14H15BrN2O3/c15-13-7-6-12(8-14(13)18)10-20-17-16-19-9-11-4-2-1-3-5-11/h1-8,16-18H,9-10H2. The van der Waals surface area contributed by atoms with Crippen molar-refractivity contribution in [2.75, 3.05) is 0 Å². The zero-order valence-corrected chi connectivity index (χ0v) is 12.3. The number of aromatic hydroxyl groups is 1. The van der Waals surface area contributed by atoms with Gasteiger partial charge in [-0.05, 0) is 39.2 Å². The average molecular weight is 339 g/mol. The van der Waals surface area contributed by atoms with Gasteiger partial charge in [-0.1, -0.05) is 36.4 Å². The number of benzene rings is 2. The molecular weight excluding hydrogens is 324 g/mol. The summed E-state index contributed by atoms with van der Waals surface area (Å²) in [6, 6.07) is 15.0. The second kappa shape index (κ2) is 7.98. The maximum atomic E-state index is 9.50. The van der Waals surface area contributed by atoms with Gasteiger partial charge < -0.3 is 5.11 Å². The number of nitrogens with one attached hydrogen (secondary N) is 2. The second-order valence-electron chi connectivity index (χ2n) is 4.05. The van der Waals surface area contributed by atoms with E-state index < -0.39 is 0 Å². The van der Waals surface area contributed by atoms with Gasteiger partial charge in [0.25, 0.3) is 0 Å². The van der Waals surface area contributed by atoms with Crippen molar-refractivity contribution in [1.29, 1.82) is 0 Å². The minimum Gasteiger partial charge on any atom is -0.507 e. The Kier molecular flexibility index (Phi) is 5.97. The van der Waals surface area contributed by atoms with Gasteiger partial charge in [-0.25, -0.2) is 0 Å². The molecule has 5 nitrogen and oxygen atoms in total. The first-order valence-electron chi connectivity index (χ1n) is 6.00.